The van der Waals surface area contributed by atoms with E-state index in [1.807, 2.05) is 0 Å². The topological polar surface area (TPSA) is 123 Å². The van der Waals surface area contributed by atoms with Crippen molar-refractivity contribution in [2.24, 2.45) is 5.73 Å². The van der Waals surface area contributed by atoms with Crippen molar-refractivity contribution >= 4 is 40.8 Å². The van der Waals surface area contributed by atoms with Crippen LogP contribution in [-0.4, -0.2) is 28.9 Å². The summed E-state index contributed by atoms with van der Waals surface area (Å²) in [6.45, 7) is 1.99. The van der Waals surface area contributed by atoms with E-state index in [2.05, 4.69) is 15.6 Å². The summed E-state index contributed by atoms with van der Waals surface area (Å²) in [6, 6.07) is 12.3. The van der Waals surface area contributed by atoms with Gasteiger partial charge in [-0.05, 0) is 60.4 Å². The number of nitrogen functional groups attached to an aromatic ring is 1. The zero-order chi connectivity index (χ0) is 25.5. The summed E-state index contributed by atoms with van der Waals surface area (Å²) in [5, 5.41) is 6.28. The Bertz CT molecular complexity index is 1210. The third-order valence-electron chi connectivity index (χ3n) is 5.43. The Kier molecular flexibility index (Phi) is 9.03. The number of benzene rings is 2. The highest BCUT2D eigenvalue weighted by Gasteiger charge is 2.25. The summed E-state index contributed by atoms with van der Waals surface area (Å²) in [6.07, 6.45) is 0.347. The maximum Gasteiger partial charge on any atom is 0.243 e. The highest BCUT2D eigenvalue weighted by molar-refractivity contribution is 6.42. The number of nitrogens with one attached hydrogen (secondary N) is 2. The monoisotopic (exact) mass is 517 g/mol. The fourth-order valence-electron chi connectivity index (χ4n) is 3.46. The predicted molar refractivity (Wildman–Crippen MR) is 135 cm³/mol. The van der Waals surface area contributed by atoms with Gasteiger partial charge in [-0.15, -0.1) is 0 Å². The Hall–Kier alpha value is -3.20. The molecule has 184 valence electrons. The number of nitrogens with two attached hydrogens (primary N) is 2. The van der Waals surface area contributed by atoms with Crippen LogP contribution < -0.4 is 22.1 Å². The van der Waals surface area contributed by atoms with Gasteiger partial charge in [0.15, 0.2) is 0 Å². The molecule has 1 heterocycles. The summed E-state index contributed by atoms with van der Waals surface area (Å²) in [5.41, 5.74) is 14.7. The van der Waals surface area contributed by atoms with Crippen molar-refractivity contribution in [1.82, 2.24) is 15.6 Å². The maximum atomic E-state index is 13.2. The van der Waals surface area contributed by atoms with Gasteiger partial charge < -0.3 is 22.1 Å². The number of carbonyl (C=O) groups excluding carboxylic acids is 2. The summed E-state index contributed by atoms with van der Waals surface area (Å²) in [5.74, 6) is -0.913. The van der Waals surface area contributed by atoms with Crippen molar-refractivity contribution in [3.8, 4) is 0 Å². The average Bonchev–Trinajstić information content (AvgIpc) is 2.81. The fraction of sp³-hybridized carbons (Fsp3) is 0.240. The number of hydrogen-bond donors (Lipinski definition) is 4. The number of halogens is 3. The lowest BCUT2D eigenvalue weighted by Gasteiger charge is -2.21. The Labute approximate surface area is 213 Å². The number of carbonyl (C=O) groups is 2. The quantitative estimate of drug-likeness (QED) is 0.346. The number of anilines is 1. The second-order valence-electron chi connectivity index (χ2n) is 8.15. The van der Waals surface area contributed by atoms with Crippen LogP contribution in [0.1, 0.15) is 22.4 Å². The summed E-state index contributed by atoms with van der Waals surface area (Å²) in [4.78, 5) is 30.1. The summed E-state index contributed by atoms with van der Waals surface area (Å²) in [7, 11) is 0. The van der Waals surface area contributed by atoms with E-state index in [4.69, 9.17) is 34.7 Å². The minimum atomic E-state index is -0.937. The molecule has 10 heteroatoms. The molecule has 7 nitrogen and oxygen atoms in total. The van der Waals surface area contributed by atoms with E-state index < -0.39 is 23.9 Å². The highest BCUT2D eigenvalue weighted by Crippen LogP contribution is 2.23. The van der Waals surface area contributed by atoms with Gasteiger partial charge in [-0.1, -0.05) is 47.5 Å². The zero-order valence-corrected chi connectivity index (χ0v) is 20.5. The Morgan fingerprint density at radius 1 is 0.971 bits per heavy atom. The van der Waals surface area contributed by atoms with E-state index in [-0.39, 0.29) is 25.2 Å². The SMILES string of the molecule is Cc1nc(N)ccc1CNC(=O)[C@@H](Cc1ccc(Cl)c(Cl)c1)NC(=O)[C@@H](N)Cc1ccc(F)cc1. The number of hydrogen-bond acceptors (Lipinski definition) is 5. The van der Waals surface area contributed by atoms with Crippen molar-refractivity contribution in [3.63, 3.8) is 0 Å². The van der Waals surface area contributed by atoms with Crippen LogP contribution in [0.25, 0.3) is 0 Å². The van der Waals surface area contributed by atoms with Crippen LogP contribution in [0.4, 0.5) is 10.2 Å². The highest BCUT2D eigenvalue weighted by atomic mass is 35.5. The molecule has 2 amide bonds. The maximum absolute atomic E-state index is 13.2. The molecule has 0 saturated carbocycles. The summed E-state index contributed by atoms with van der Waals surface area (Å²) >= 11 is 12.1. The molecule has 3 aromatic rings. The van der Waals surface area contributed by atoms with Crippen molar-refractivity contribution in [3.05, 3.63) is 92.8 Å². The minimum Gasteiger partial charge on any atom is -0.384 e. The number of amides is 2. The second kappa shape index (κ2) is 12.0. The molecule has 0 saturated heterocycles. The first kappa shape index (κ1) is 26.4. The molecule has 3 rings (SSSR count). The minimum absolute atomic E-state index is 0.163. The molecular formula is C25H26Cl2FN5O2. The molecule has 0 spiro atoms. The first-order valence-corrected chi connectivity index (χ1v) is 11.6. The van der Waals surface area contributed by atoms with Crippen LogP contribution in [0, 0.1) is 12.7 Å². The van der Waals surface area contributed by atoms with Crippen molar-refractivity contribution in [1.29, 1.82) is 0 Å². The third-order valence-corrected chi connectivity index (χ3v) is 6.17. The van der Waals surface area contributed by atoms with Crippen LogP contribution >= 0.6 is 23.2 Å². The van der Waals surface area contributed by atoms with Gasteiger partial charge in [0, 0.05) is 18.7 Å². The molecule has 0 aliphatic heterocycles. The molecule has 0 aliphatic carbocycles. The fourth-order valence-corrected chi connectivity index (χ4v) is 3.78. The first-order chi connectivity index (χ1) is 16.6. The molecular weight excluding hydrogens is 492 g/mol. The van der Waals surface area contributed by atoms with Gasteiger partial charge >= 0.3 is 0 Å². The van der Waals surface area contributed by atoms with Crippen molar-refractivity contribution in [2.75, 3.05) is 5.73 Å². The van der Waals surface area contributed by atoms with Crippen molar-refractivity contribution < 1.29 is 14.0 Å². The number of aryl methyl sites for hydroxylation is 1. The number of pyridine rings is 1. The van der Waals surface area contributed by atoms with Crippen LogP contribution in [0.3, 0.4) is 0 Å². The molecule has 0 fully saturated rings. The van der Waals surface area contributed by atoms with E-state index in [0.717, 1.165) is 5.56 Å². The first-order valence-electron chi connectivity index (χ1n) is 10.9. The normalized spacial score (nSPS) is 12.6. The molecule has 0 radical (unpaired) electrons. The molecule has 6 N–H and O–H groups in total. The van der Waals surface area contributed by atoms with E-state index in [1.165, 1.54) is 12.1 Å². The van der Waals surface area contributed by atoms with Gasteiger partial charge in [0.1, 0.15) is 17.7 Å². The van der Waals surface area contributed by atoms with Gasteiger partial charge in [0.05, 0.1) is 16.1 Å². The summed E-state index contributed by atoms with van der Waals surface area (Å²) < 4.78 is 13.2. The lowest BCUT2D eigenvalue weighted by molar-refractivity contribution is -0.129. The van der Waals surface area contributed by atoms with E-state index in [9.17, 15) is 14.0 Å². The van der Waals surface area contributed by atoms with Crippen molar-refractivity contribution in [2.45, 2.75) is 38.4 Å². The Balaban J connectivity index is 1.72. The van der Waals surface area contributed by atoms with Crippen LogP contribution in [0.15, 0.2) is 54.6 Å². The third kappa shape index (κ3) is 7.65. The molecule has 0 aliphatic rings. The Morgan fingerprint density at radius 3 is 2.31 bits per heavy atom. The molecule has 1 aromatic heterocycles. The van der Waals surface area contributed by atoms with Gasteiger partial charge in [0.2, 0.25) is 11.8 Å². The molecule has 35 heavy (non-hydrogen) atoms. The van der Waals surface area contributed by atoms with Gasteiger partial charge in [-0.2, -0.15) is 0 Å². The van der Waals surface area contributed by atoms with Gasteiger partial charge in [-0.3, -0.25) is 9.59 Å². The van der Waals surface area contributed by atoms with Gasteiger partial charge in [-0.25, -0.2) is 9.37 Å². The van der Waals surface area contributed by atoms with Crippen LogP contribution in [0.5, 0.6) is 0 Å². The smallest absolute Gasteiger partial charge is 0.243 e. The standard InChI is InChI=1S/C25H26Cl2FN5O2/c1-14-17(5-9-23(30)32-14)13-31-25(35)22(12-16-4-8-19(26)20(27)10-16)33-24(34)21(29)11-15-2-6-18(28)7-3-15/h2-10,21-22H,11-13,29H2,1H3,(H2,30,32)(H,31,35)(H,33,34)/t21-,22+/m0/s1. The predicted octanol–water partition coefficient (Wildman–Crippen LogP) is 3.33. The van der Waals surface area contributed by atoms with Crippen LogP contribution in [0.2, 0.25) is 10.0 Å². The number of rotatable bonds is 9. The largest absolute Gasteiger partial charge is 0.384 e. The molecule has 2 aromatic carbocycles. The molecule has 0 unspecified atom stereocenters. The number of nitrogens with zero attached hydrogens (tertiary/aromatic N) is 1. The lowest BCUT2D eigenvalue weighted by Crippen LogP contribution is -2.53. The average molecular weight is 518 g/mol. The Morgan fingerprint density at radius 2 is 1.66 bits per heavy atom. The number of aromatic nitrogens is 1. The van der Waals surface area contributed by atoms with Gasteiger partial charge in [0.25, 0.3) is 0 Å². The lowest BCUT2D eigenvalue weighted by atomic mass is 10.0. The zero-order valence-electron chi connectivity index (χ0n) is 19.0. The van der Waals surface area contributed by atoms with E-state index in [1.54, 1.807) is 49.4 Å². The van der Waals surface area contributed by atoms with E-state index in [0.29, 0.717) is 32.7 Å². The van der Waals surface area contributed by atoms with E-state index >= 15 is 0 Å². The second-order valence-corrected chi connectivity index (χ2v) is 8.96. The molecule has 0 bridgehead atoms. The van der Waals surface area contributed by atoms with Crippen LogP contribution in [-0.2, 0) is 29.0 Å². The molecule has 2 atom stereocenters.